The largest absolute Gasteiger partial charge is 0.350 e. The highest BCUT2D eigenvalue weighted by atomic mass is 16.6. The van der Waals surface area contributed by atoms with Crippen LogP contribution >= 0.6 is 0 Å². The molecule has 0 N–H and O–H groups in total. The lowest BCUT2D eigenvalue weighted by Gasteiger charge is -2.19. The summed E-state index contributed by atoms with van der Waals surface area (Å²) in [5, 5.41) is 12.6. The fourth-order valence-corrected chi connectivity index (χ4v) is 3.32. The van der Waals surface area contributed by atoms with Crippen LogP contribution in [-0.2, 0) is 11.8 Å². The molecule has 122 valence electrons. The van der Waals surface area contributed by atoms with Gasteiger partial charge < -0.3 is 4.57 Å². The highest BCUT2D eigenvalue weighted by molar-refractivity contribution is 5.88. The quantitative estimate of drug-likeness (QED) is 0.533. The van der Waals surface area contributed by atoms with Gasteiger partial charge in [0.05, 0.1) is 5.92 Å². The van der Waals surface area contributed by atoms with E-state index in [1.54, 1.807) is 0 Å². The minimum atomic E-state index is -1.31. The fourth-order valence-electron chi connectivity index (χ4n) is 3.32. The minimum Gasteiger partial charge on any atom is -0.350 e. The molecule has 0 aliphatic rings. The molecular formula is C19H18N2O3. The van der Waals surface area contributed by atoms with Crippen molar-refractivity contribution in [3.63, 3.8) is 0 Å². The number of rotatable bonds is 5. The van der Waals surface area contributed by atoms with Crippen molar-refractivity contribution in [1.29, 1.82) is 0 Å². The van der Waals surface area contributed by atoms with Crippen molar-refractivity contribution >= 4 is 16.7 Å². The van der Waals surface area contributed by atoms with Crippen molar-refractivity contribution in [3.8, 4) is 0 Å². The second kappa shape index (κ2) is 6.28. The number of aryl methyl sites for hydroxylation is 1. The molecule has 0 amide bonds. The third-order valence-corrected chi connectivity index (χ3v) is 4.38. The van der Waals surface area contributed by atoms with Crippen molar-refractivity contribution < 1.29 is 9.72 Å². The van der Waals surface area contributed by atoms with Gasteiger partial charge in [-0.25, -0.2) is 0 Å². The molecule has 0 aliphatic carbocycles. The Morgan fingerprint density at radius 2 is 1.71 bits per heavy atom. The Hall–Kier alpha value is -2.95. The van der Waals surface area contributed by atoms with Crippen molar-refractivity contribution in [2.45, 2.75) is 18.9 Å². The van der Waals surface area contributed by atoms with Crippen LogP contribution in [0.2, 0.25) is 0 Å². The van der Waals surface area contributed by atoms with Crippen LogP contribution in [-0.4, -0.2) is 21.3 Å². The fraction of sp³-hybridized carbons (Fsp3) is 0.211. The Kier molecular flexibility index (Phi) is 4.16. The van der Waals surface area contributed by atoms with Crippen LogP contribution in [0.1, 0.15) is 24.0 Å². The summed E-state index contributed by atoms with van der Waals surface area (Å²) in [5.74, 6) is -1.06. The standard InChI is InChI=1S/C19H18N2O3/c1-13(22)19(21(23)24)18(14-8-4-3-5-9-14)16-12-20(2)17-11-7-6-10-15(16)17/h3-12,18-19H,1-2H3/t18-,19-/m0/s1. The molecule has 3 rings (SSSR count). The van der Waals surface area contributed by atoms with Crippen LogP contribution in [0.15, 0.2) is 60.8 Å². The number of hydrogen-bond donors (Lipinski definition) is 0. The van der Waals surface area contributed by atoms with Gasteiger partial charge in [0.1, 0.15) is 0 Å². The van der Waals surface area contributed by atoms with Gasteiger partial charge in [-0.1, -0.05) is 48.5 Å². The second-order valence-electron chi connectivity index (χ2n) is 5.94. The monoisotopic (exact) mass is 322 g/mol. The smallest absolute Gasteiger partial charge is 0.280 e. The number of aromatic nitrogens is 1. The lowest BCUT2D eigenvalue weighted by atomic mass is 9.83. The molecule has 0 bridgehead atoms. The number of nitro groups is 1. The summed E-state index contributed by atoms with van der Waals surface area (Å²) in [7, 11) is 1.91. The van der Waals surface area contributed by atoms with Crippen molar-refractivity contribution in [1.82, 2.24) is 4.57 Å². The van der Waals surface area contributed by atoms with Crippen LogP contribution in [0, 0.1) is 10.1 Å². The molecule has 1 aromatic heterocycles. The molecule has 5 nitrogen and oxygen atoms in total. The highest BCUT2D eigenvalue weighted by Gasteiger charge is 2.39. The molecule has 0 radical (unpaired) electrons. The van der Waals surface area contributed by atoms with Gasteiger partial charge in [0.25, 0.3) is 6.04 Å². The second-order valence-corrected chi connectivity index (χ2v) is 5.94. The zero-order valence-corrected chi connectivity index (χ0v) is 13.5. The van der Waals surface area contributed by atoms with Gasteiger partial charge in [0.2, 0.25) is 5.78 Å². The predicted octanol–water partition coefficient (Wildman–Crippen LogP) is 3.54. The van der Waals surface area contributed by atoms with Gasteiger partial charge in [-0.15, -0.1) is 0 Å². The first-order chi connectivity index (χ1) is 11.5. The van der Waals surface area contributed by atoms with Crippen molar-refractivity contribution in [2.75, 3.05) is 0 Å². The SMILES string of the molecule is CC(=O)[C@@H]([C@@H](c1ccccc1)c1cn(C)c2ccccc12)[N+](=O)[O-]. The van der Waals surface area contributed by atoms with Crippen molar-refractivity contribution in [3.05, 3.63) is 82.0 Å². The predicted molar refractivity (Wildman–Crippen MR) is 92.7 cm³/mol. The van der Waals surface area contributed by atoms with Gasteiger partial charge in [-0.05, 0) is 17.2 Å². The first-order valence-electron chi connectivity index (χ1n) is 7.73. The van der Waals surface area contributed by atoms with E-state index < -0.39 is 22.7 Å². The lowest BCUT2D eigenvalue weighted by Crippen LogP contribution is -2.34. The summed E-state index contributed by atoms with van der Waals surface area (Å²) in [6, 6.07) is 15.7. The summed E-state index contributed by atoms with van der Waals surface area (Å²) < 4.78 is 1.94. The zero-order valence-electron chi connectivity index (χ0n) is 13.5. The van der Waals surface area contributed by atoms with Gasteiger partial charge in [0.15, 0.2) is 0 Å². The van der Waals surface area contributed by atoms with Gasteiger partial charge in [0, 0.05) is 36.0 Å². The van der Waals surface area contributed by atoms with Crippen LogP contribution in [0.5, 0.6) is 0 Å². The average molecular weight is 322 g/mol. The maximum atomic E-state index is 12.1. The number of carbonyl (C=O) groups is 1. The van der Waals surface area contributed by atoms with E-state index in [9.17, 15) is 14.9 Å². The first kappa shape index (κ1) is 15.9. The summed E-state index contributed by atoms with van der Waals surface area (Å²) >= 11 is 0. The molecule has 5 heteroatoms. The van der Waals surface area contributed by atoms with Gasteiger partial charge in [-0.2, -0.15) is 0 Å². The third kappa shape index (κ3) is 2.69. The number of hydrogen-bond acceptors (Lipinski definition) is 3. The molecular weight excluding hydrogens is 304 g/mol. The lowest BCUT2D eigenvalue weighted by molar-refractivity contribution is -0.509. The molecule has 24 heavy (non-hydrogen) atoms. The summed E-state index contributed by atoms with van der Waals surface area (Å²) in [6.07, 6.45) is 1.89. The normalized spacial score (nSPS) is 13.6. The van der Waals surface area contributed by atoms with Crippen LogP contribution in [0.25, 0.3) is 10.9 Å². The molecule has 0 spiro atoms. The number of Topliss-reactive ketones (excluding diaryl/α,β-unsaturated/α-hetero) is 1. The molecule has 3 aromatic rings. The van der Waals surface area contributed by atoms with Gasteiger partial charge >= 0.3 is 0 Å². The molecule has 0 saturated heterocycles. The molecule has 2 atom stereocenters. The number of fused-ring (bicyclic) bond motifs is 1. The highest BCUT2D eigenvalue weighted by Crippen LogP contribution is 2.35. The topological polar surface area (TPSA) is 65.1 Å². The average Bonchev–Trinajstić information content (AvgIpc) is 2.89. The summed E-state index contributed by atoms with van der Waals surface area (Å²) in [5.41, 5.74) is 2.56. The maximum Gasteiger partial charge on any atom is 0.280 e. The maximum absolute atomic E-state index is 12.1. The van der Waals surface area contributed by atoms with E-state index in [4.69, 9.17) is 0 Å². The summed E-state index contributed by atoms with van der Waals surface area (Å²) in [6.45, 7) is 1.29. The van der Waals surface area contributed by atoms with Crippen LogP contribution in [0.3, 0.4) is 0 Å². The van der Waals surface area contributed by atoms with E-state index in [2.05, 4.69) is 0 Å². The van der Waals surface area contributed by atoms with Gasteiger partial charge in [-0.3, -0.25) is 14.9 Å². The number of carbonyl (C=O) groups excluding carboxylic acids is 1. The van der Waals surface area contributed by atoms with E-state index in [0.29, 0.717) is 0 Å². The van der Waals surface area contributed by atoms with E-state index in [1.165, 1.54) is 6.92 Å². The molecule has 2 aromatic carbocycles. The molecule has 0 fully saturated rings. The molecule has 0 saturated carbocycles. The summed E-state index contributed by atoms with van der Waals surface area (Å²) in [4.78, 5) is 23.2. The number of benzene rings is 2. The number of nitrogens with zero attached hydrogens (tertiary/aromatic N) is 2. The first-order valence-corrected chi connectivity index (χ1v) is 7.73. The Balaban J connectivity index is 2.28. The number of para-hydroxylation sites is 1. The van der Waals surface area contributed by atoms with Crippen LogP contribution in [0.4, 0.5) is 0 Å². The van der Waals surface area contributed by atoms with E-state index in [0.717, 1.165) is 22.0 Å². The Bertz CT molecular complexity index is 885. The third-order valence-electron chi connectivity index (χ3n) is 4.38. The zero-order chi connectivity index (χ0) is 17.3. The van der Waals surface area contributed by atoms with E-state index >= 15 is 0 Å². The Morgan fingerprint density at radius 1 is 1.08 bits per heavy atom. The minimum absolute atomic E-state index is 0.443. The molecule has 0 aliphatic heterocycles. The van der Waals surface area contributed by atoms with Crippen molar-refractivity contribution in [2.24, 2.45) is 7.05 Å². The molecule has 0 unspecified atom stereocenters. The Morgan fingerprint density at radius 3 is 2.33 bits per heavy atom. The van der Waals surface area contributed by atoms with E-state index in [1.807, 2.05) is 72.4 Å². The van der Waals surface area contributed by atoms with Crippen LogP contribution < -0.4 is 0 Å². The number of ketones is 1. The van der Waals surface area contributed by atoms with E-state index in [-0.39, 0.29) is 0 Å². The Labute approximate surface area is 139 Å². The molecule has 1 heterocycles.